The van der Waals surface area contributed by atoms with E-state index < -0.39 is 0 Å². The van der Waals surface area contributed by atoms with Crippen LogP contribution < -0.4 is 10.1 Å². The van der Waals surface area contributed by atoms with Crippen LogP contribution in [0.5, 0.6) is 5.75 Å². The average molecular weight is 452 g/mol. The van der Waals surface area contributed by atoms with Gasteiger partial charge in [0.05, 0.1) is 13.7 Å². The van der Waals surface area contributed by atoms with Crippen molar-refractivity contribution >= 4 is 29.0 Å². The van der Waals surface area contributed by atoms with Gasteiger partial charge in [-0.2, -0.15) is 0 Å². The van der Waals surface area contributed by atoms with E-state index in [1.54, 1.807) is 52.5 Å². The van der Waals surface area contributed by atoms with E-state index >= 15 is 0 Å². The third-order valence-electron chi connectivity index (χ3n) is 5.03. The molecule has 0 aliphatic carbocycles. The minimum atomic E-state index is -0.311. The maximum absolute atomic E-state index is 13.3. The van der Waals surface area contributed by atoms with Crippen molar-refractivity contribution in [1.82, 2.24) is 9.80 Å². The lowest BCUT2D eigenvalue weighted by atomic mass is 10.2. The van der Waals surface area contributed by atoms with Gasteiger partial charge in [0.1, 0.15) is 12.3 Å². The lowest BCUT2D eigenvalue weighted by Gasteiger charge is -2.30. The van der Waals surface area contributed by atoms with Crippen molar-refractivity contribution in [2.45, 2.75) is 33.0 Å². The zero-order valence-corrected chi connectivity index (χ0v) is 19.5. The Morgan fingerprint density at radius 1 is 0.969 bits per heavy atom. The zero-order chi connectivity index (χ0) is 22.9. The van der Waals surface area contributed by atoms with Gasteiger partial charge in [0, 0.05) is 23.2 Å². The Morgan fingerprint density at radius 2 is 1.69 bits per heavy atom. The first-order valence-corrected chi connectivity index (χ1v) is 11.4. The first-order chi connectivity index (χ1) is 15.5. The number of carbonyl (C=O) groups excluding carboxylic acids is 2. The van der Waals surface area contributed by atoms with E-state index in [4.69, 9.17) is 4.74 Å². The molecule has 0 aliphatic rings. The van der Waals surface area contributed by atoms with Crippen molar-refractivity contribution in [2.24, 2.45) is 0 Å². The van der Waals surface area contributed by atoms with Crippen LogP contribution in [0, 0.1) is 0 Å². The molecule has 3 aromatic rings. The Kier molecular flexibility index (Phi) is 8.27. The van der Waals surface area contributed by atoms with Crippen LogP contribution in [-0.2, 0) is 17.9 Å². The number of amides is 3. The monoisotopic (exact) mass is 451 g/mol. The normalized spacial score (nSPS) is 10.6. The standard InChI is InChI=1S/C25H29N3O3S/c1-19(2)28(25(30)26-21-11-13-22(31-3)14-12-21)18-24(29)27(17-23-10-7-15-32-23)16-20-8-5-4-6-9-20/h4-15,19H,16-18H2,1-3H3,(H,26,30). The molecule has 1 N–H and O–H groups in total. The van der Waals surface area contributed by atoms with E-state index in [0.29, 0.717) is 24.5 Å². The number of hydrogen-bond donors (Lipinski definition) is 1. The number of nitrogens with zero attached hydrogens (tertiary/aromatic N) is 2. The fourth-order valence-corrected chi connectivity index (χ4v) is 3.95. The third-order valence-corrected chi connectivity index (χ3v) is 5.89. The Bertz CT molecular complexity index is 989. The molecule has 0 radical (unpaired) electrons. The molecular formula is C25H29N3O3S. The Hall–Kier alpha value is -3.32. The maximum Gasteiger partial charge on any atom is 0.322 e. The quantitative estimate of drug-likeness (QED) is 0.485. The summed E-state index contributed by atoms with van der Waals surface area (Å²) in [7, 11) is 1.59. The molecule has 0 unspecified atom stereocenters. The molecule has 3 amide bonds. The molecule has 1 aromatic heterocycles. The summed E-state index contributed by atoms with van der Waals surface area (Å²) in [6.07, 6.45) is 0. The Balaban J connectivity index is 1.72. The second-order valence-corrected chi connectivity index (χ2v) is 8.73. The van der Waals surface area contributed by atoms with Crippen LogP contribution in [-0.4, -0.2) is 41.4 Å². The molecule has 0 bridgehead atoms. The molecule has 0 spiro atoms. The van der Waals surface area contributed by atoms with Crippen molar-refractivity contribution in [2.75, 3.05) is 19.0 Å². The SMILES string of the molecule is COc1ccc(NC(=O)N(CC(=O)N(Cc2ccccc2)Cc2cccs2)C(C)C)cc1. The van der Waals surface area contributed by atoms with Crippen molar-refractivity contribution in [3.8, 4) is 5.75 Å². The summed E-state index contributed by atoms with van der Waals surface area (Å²) in [5.41, 5.74) is 1.70. The summed E-state index contributed by atoms with van der Waals surface area (Å²) in [4.78, 5) is 30.7. The Morgan fingerprint density at radius 3 is 2.28 bits per heavy atom. The number of thiophene rings is 1. The lowest BCUT2D eigenvalue weighted by Crippen LogP contribution is -2.47. The molecule has 0 saturated heterocycles. The average Bonchev–Trinajstić information content (AvgIpc) is 3.31. The van der Waals surface area contributed by atoms with Gasteiger partial charge in [-0.1, -0.05) is 36.4 Å². The number of carbonyl (C=O) groups is 2. The second-order valence-electron chi connectivity index (χ2n) is 7.70. The molecule has 7 heteroatoms. The van der Waals surface area contributed by atoms with Gasteiger partial charge in [0.15, 0.2) is 0 Å². The van der Waals surface area contributed by atoms with E-state index in [1.807, 2.05) is 61.7 Å². The van der Waals surface area contributed by atoms with Crippen LogP contribution in [0.25, 0.3) is 0 Å². The highest BCUT2D eigenvalue weighted by atomic mass is 32.1. The number of anilines is 1. The number of nitrogens with one attached hydrogen (secondary N) is 1. The van der Waals surface area contributed by atoms with E-state index in [2.05, 4.69) is 5.32 Å². The molecule has 0 aliphatic heterocycles. The van der Waals surface area contributed by atoms with Crippen LogP contribution in [0.2, 0.25) is 0 Å². The summed E-state index contributed by atoms with van der Waals surface area (Å²) in [6.45, 7) is 4.81. The smallest absolute Gasteiger partial charge is 0.322 e. The summed E-state index contributed by atoms with van der Waals surface area (Å²) in [6, 6.07) is 20.6. The van der Waals surface area contributed by atoms with Crippen molar-refractivity contribution in [3.05, 3.63) is 82.6 Å². The van der Waals surface area contributed by atoms with Crippen molar-refractivity contribution in [3.63, 3.8) is 0 Å². The minimum Gasteiger partial charge on any atom is -0.497 e. The molecule has 0 saturated carbocycles. The van der Waals surface area contributed by atoms with Crippen LogP contribution >= 0.6 is 11.3 Å². The molecule has 2 aromatic carbocycles. The fraction of sp³-hybridized carbons (Fsp3) is 0.280. The van der Waals surface area contributed by atoms with Gasteiger partial charge in [-0.3, -0.25) is 4.79 Å². The molecule has 0 fully saturated rings. The second kappa shape index (κ2) is 11.3. The van der Waals surface area contributed by atoms with Gasteiger partial charge in [-0.15, -0.1) is 11.3 Å². The number of ether oxygens (including phenoxy) is 1. The minimum absolute atomic E-state index is 0.00212. The van der Waals surface area contributed by atoms with Crippen LogP contribution in [0.1, 0.15) is 24.3 Å². The van der Waals surface area contributed by atoms with Crippen LogP contribution in [0.4, 0.5) is 10.5 Å². The maximum atomic E-state index is 13.3. The van der Waals surface area contributed by atoms with Gasteiger partial charge in [0.2, 0.25) is 5.91 Å². The van der Waals surface area contributed by atoms with E-state index in [-0.39, 0.29) is 24.5 Å². The first-order valence-electron chi connectivity index (χ1n) is 10.5. The van der Waals surface area contributed by atoms with E-state index in [9.17, 15) is 9.59 Å². The topological polar surface area (TPSA) is 61.9 Å². The molecule has 0 atom stereocenters. The molecular weight excluding hydrogens is 422 g/mol. The predicted molar refractivity (Wildman–Crippen MR) is 129 cm³/mol. The summed E-state index contributed by atoms with van der Waals surface area (Å²) < 4.78 is 5.16. The van der Waals surface area contributed by atoms with Crippen molar-refractivity contribution in [1.29, 1.82) is 0 Å². The number of rotatable bonds is 9. The number of benzene rings is 2. The van der Waals surface area contributed by atoms with Gasteiger partial charge < -0.3 is 19.9 Å². The summed E-state index contributed by atoms with van der Waals surface area (Å²) in [5.74, 6) is 0.616. The van der Waals surface area contributed by atoms with E-state index in [0.717, 1.165) is 10.4 Å². The predicted octanol–water partition coefficient (Wildman–Crippen LogP) is 5.23. The largest absolute Gasteiger partial charge is 0.497 e. The highest BCUT2D eigenvalue weighted by molar-refractivity contribution is 7.09. The van der Waals surface area contributed by atoms with E-state index in [1.165, 1.54) is 0 Å². The van der Waals surface area contributed by atoms with Crippen LogP contribution in [0.3, 0.4) is 0 Å². The third kappa shape index (κ3) is 6.59. The van der Waals surface area contributed by atoms with Gasteiger partial charge >= 0.3 is 6.03 Å². The Labute approximate surface area is 193 Å². The number of methoxy groups -OCH3 is 1. The summed E-state index contributed by atoms with van der Waals surface area (Å²) >= 11 is 1.62. The van der Waals surface area contributed by atoms with Gasteiger partial charge in [-0.05, 0) is 55.1 Å². The molecule has 32 heavy (non-hydrogen) atoms. The lowest BCUT2D eigenvalue weighted by molar-refractivity contribution is -0.133. The zero-order valence-electron chi connectivity index (χ0n) is 18.7. The highest BCUT2D eigenvalue weighted by Gasteiger charge is 2.24. The van der Waals surface area contributed by atoms with Gasteiger partial charge in [-0.25, -0.2) is 4.79 Å². The van der Waals surface area contributed by atoms with Gasteiger partial charge in [0.25, 0.3) is 0 Å². The van der Waals surface area contributed by atoms with Crippen molar-refractivity contribution < 1.29 is 14.3 Å². The molecule has 3 rings (SSSR count). The van der Waals surface area contributed by atoms with Crippen LogP contribution in [0.15, 0.2) is 72.1 Å². The molecule has 1 heterocycles. The fourth-order valence-electron chi connectivity index (χ4n) is 3.23. The highest BCUT2D eigenvalue weighted by Crippen LogP contribution is 2.18. The first kappa shape index (κ1) is 23.3. The molecule has 168 valence electrons. The number of hydrogen-bond acceptors (Lipinski definition) is 4. The number of urea groups is 1. The summed E-state index contributed by atoms with van der Waals surface area (Å²) in [5, 5.41) is 4.88. The molecule has 6 nitrogen and oxygen atoms in total.